The maximum absolute atomic E-state index is 5.04. The number of methoxy groups -OCH3 is 1. The van der Waals surface area contributed by atoms with E-state index in [1.165, 1.54) is 44.1 Å². The molecule has 0 atom stereocenters. The van der Waals surface area contributed by atoms with Gasteiger partial charge in [-0.25, -0.2) is 0 Å². The molecule has 1 fully saturated rings. The molecule has 0 aromatic rings. The van der Waals surface area contributed by atoms with Crippen molar-refractivity contribution in [3.8, 4) is 0 Å². The molecule has 0 N–H and O–H groups in total. The Bertz CT molecular complexity index is 130. The molecule has 0 amide bonds. The molecular formula is C13H26O. The summed E-state index contributed by atoms with van der Waals surface area (Å²) in [5, 5.41) is 0. The number of ether oxygens (including phenoxy) is 1. The lowest BCUT2D eigenvalue weighted by atomic mass is 9.87. The SMILES string of the molecule is C=C(C)C.COCCC1CCCCC1. The molecule has 0 unspecified atom stereocenters. The van der Waals surface area contributed by atoms with Gasteiger partial charge in [0.15, 0.2) is 0 Å². The second-order valence-corrected chi connectivity index (χ2v) is 4.49. The number of allylic oxidation sites excluding steroid dienone is 1. The Morgan fingerprint density at radius 3 is 2.14 bits per heavy atom. The maximum atomic E-state index is 5.04. The van der Waals surface area contributed by atoms with Crippen LogP contribution in [0.4, 0.5) is 0 Å². The molecule has 0 saturated heterocycles. The van der Waals surface area contributed by atoms with Gasteiger partial charge in [-0.3, -0.25) is 0 Å². The molecule has 1 aliphatic carbocycles. The van der Waals surface area contributed by atoms with Gasteiger partial charge in [0.05, 0.1) is 0 Å². The lowest BCUT2D eigenvalue weighted by molar-refractivity contribution is 0.166. The van der Waals surface area contributed by atoms with Crippen molar-refractivity contribution in [1.82, 2.24) is 0 Å². The average molecular weight is 198 g/mol. The normalized spacial score (nSPS) is 17.1. The van der Waals surface area contributed by atoms with E-state index in [9.17, 15) is 0 Å². The predicted molar refractivity (Wildman–Crippen MR) is 63.6 cm³/mol. The van der Waals surface area contributed by atoms with Gasteiger partial charge >= 0.3 is 0 Å². The van der Waals surface area contributed by atoms with Crippen LogP contribution >= 0.6 is 0 Å². The minimum atomic E-state index is 0.963. The van der Waals surface area contributed by atoms with Crippen molar-refractivity contribution in [3.63, 3.8) is 0 Å². The quantitative estimate of drug-likeness (QED) is 0.618. The molecule has 0 aliphatic heterocycles. The molecule has 0 heterocycles. The predicted octanol–water partition coefficient (Wildman–Crippen LogP) is 4.19. The van der Waals surface area contributed by atoms with Crippen molar-refractivity contribution in [3.05, 3.63) is 12.2 Å². The minimum Gasteiger partial charge on any atom is -0.385 e. The minimum absolute atomic E-state index is 0.963. The molecule has 0 spiro atoms. The zero-order valence-electron chi connectivity index (χ0n) is 10.1. The molecule has 0 aromatic heterocycles. The van der Waals surface area contributed by atoms with E-state index in [0.717, 1.165) is 12.5 Å². The first-order valence-corrected chi connectivity index (χ1v) is 5.78. The highest BCUT2D eigenvalue weighted by Crippen LogP contribution is 2.25. The van der Waals surface area contributed by atoms with Crippen LogP contribution < -0.4 is 0 Å². The molecule has 1 aliphatic rings. The van der Waals surface area contributed by atoms with Crippen LogP contribution in [0.2, 0.25) is 0 Å². The van der Waals surface area contributed by atoms with Gasteiger partial charge in [0, 0.05) is 13.7 Å². The fraction of sp³-hybridized carbons (Fsp3) is 0.846. The maximum Gasteiger partial charge on any atom is 0.0464 e. The Morgan fingerprint density at radius 1 is 1.21 bits per heavy atom. The molecule has 0 radical (unpaired) electrons. The molecule has 14 heavy (non-hydrogen) atoms. The summed E-state index contributed by atoms with van der Waals surface area (Å²) in [5.41, 5.74) is 1.17. The van der Waals surface area contributed by atoms with Crippen molar-refractivity contribution >= 4 is 0 Å². The summed E-state index contributed by atoms with van der Waals surface area (Å²) < 4.78 is 5.04. The van der Waals surface area contributed by atoms with E-state index in [4.69, 9.17) is 4.74 Å². The summed E-state index contributed by atoms with van der Waals surface area (Å²) >= 11 is 0. The van der Waals surface area contributed by atoms with Crippen LogP contribution in [0.3, 0.4) is 0 Å². The highest BCUT2D eigenvalue weighted by molar-refractivity contribution is 4.78. The van der Waals surface area contributed by atoms with Crippen molar-refractivity contribution < 1.29 is 4.74 Å². The van der Waals surface area contributed by atoms with Gasteiger partial charge in [-0.15, -0.1) is 6.58 Å². The number of hydrogen-bond acceptors (Lipinski definition) is 1. The van der Waals surface area contributed by atoms with Crippen LogP contribution in [0.1, 0.15) is 52.4 Å². The molecule has 0 aromatic carbocycles. The largest absolute Gasteiger partial charge is 0.385 e. The lowest BCUT2D eigenvalue weighted by Crippen LogP contribution is -2.08. The van der Waals surface area contributed by atoms with Crippen LogP contribution in [-0.4, -0.2) is 13.7 Å². The van der Waals surface area contributed by atoms with E-state index in [2.05, 4.69) is 6.58 Å². The van der Waals surface area contributed by atoms with E-state index < -0.39 is 0 Å². The third-order valence-electron chi connectivity index (χ3n) is 2.45. The van der Waals surface area contributed by atoms with Crippen LogP contribution in [0.15, 0.2) is 12.2 Å². The zero-order chi connectivity index (χ0) is 10.8. The van der Waals surface area contributed by atoms with Crippen molar-refractivity contribution in [2.45, 2.75) is 52.4 Å². The topological polar surface area (TPSA) is 9.23 Å². The zero-order valence-corrected chi connectivity index (χ0v) is 10.1. The molecule has 1 saturated carbocycles. The summed E-state index contributed by atoms with van der Waals surface area (Å²) in [6.07, 6.45) is 8.55. The van der Waals surface area contributed by atoms with Crippen LogP contribution in [-0.2, 0) is 4.74 Å². The molecule has 1 heteroatoms. The van der Waals surface area contributed by atoms with Crippen molar-refractivity contribution in [2.75, 3.05) is 13.7 Å². The Kier molecular flexibility index (Phi) is 9.06. The Morgan fingerprint density at radius 2 is 1.71 bits per heavy atom. The fourth-order valence-corrected chi connectivity index (χ4v) is 1.76. The molecule has 1 nitrogen and oxygen atoms in total. The van der Waals surface area contributed by atoms with E-state index in [1.807, 2.05) is 13.8 Å². The van der Waals surface area contributed by atoms with Gasteiger partial charge in [-0.1, -0.05) is 37.7 Å². The lowest BCUT2D eigenvalue weighted by Gasteiger charge is -2.20. The molecular weight excluding hydrogens is 172 g/mol. The third kappa shape index (κ3) is 9.79. The summed E-state index contributed by atoms with van der Waals surface area (Å²) in [6, 6.07) is 0. The third-order valence-corrected chi connectivity index (χ3v) is 2.45. The summed E-state index contributed by atoms with van der Waals surface area (Å²) in [4.78, 5) is 0. The second-order valence-electron chi connectivity index (χ2n) is 4.49. The van der Waals surface area contributed by atoms with Gasteiger partial charge in [-0.05, 0) is 26.2 Å². The second kappa shape index (κ2) is 9.26. The van der Waals surface area contributed by atoms with Crippen molar-refractivity contribution in [2.24, 2.45) is 5.92 Å². The summed E-state index contributed by atoms with van der Waals surface area (Å²) in [7, 11) is 1.79. The summed E-state index contributed by atoms with van der Waals surface area (Å²) in [5.74, 6) is 0.980. The van der Waals surface area contributed by atoms with E-state index >= 15 is 0 Å². The van der Waals surface area contributed by atoms with Gasteiger partial charge in [0.25, 0.3) is 0 Å². The van der Waals surface area contributed by atoms with Crippen molar-refractivity contribution in [1.29, 1.82) is 0 Å². The summed E-state index contributed by atoms with van der Waals surface area (Å²) in [6.45, 7) is 8.46. The Hall–Kier alpha value is -0.300. The Labute approximate surface area is 89.5 Å². The first kappa shape index (κ1) is 13.7. The van der Waals surface area contributed by atoms with E-state index in [0.29, 0.717) is 0 Å². The van der Waals surface area contributed by atoms with Gasteiger partial charge in [0.1, 0.15) is 0 Å². The molecule has 84 valence electrons. The highest BCUT2D eigenvalue weighted by Gasteiger charge is 2.11. The van der Waals surface area contributed by atoms with E-state index in [-0.39, 0.29) is 0 Å². The molecule has 0 bridgehead atoms. The number of rotatable bonds is 3. The van der Waals surface area contributed by atoms with Crippen LogP contribution in [0, 0.1) is 5.92 Å². The molecule has 1 rings (SSSR count). The first-order chi connectivity index (χ1) is 6.66. The smallest absolute Gasteiger partial charge is 0.0464 e. The standard InChI is InChI=1S/C9H18O.C4H8/c1-10-8-7-9-5-3-2-4-6-9;1-4(2)3/h9H,2-8H2,1H3;1H2,2-3H3. The monoisotopic (exact) mass is 198 g/mol. The van der Waals surface area contributed by atoms with Crippen LogP contribution in [0.25, 0.3) is 0 Å². The van der Waals surface area contributed by atoms with Gasteiger partial charge < -0.3 is 4.74 Å². The fourth-order valence-electron chi connectivity index (χ4n) is 1.76. The highest BCUT2D eigenvalue weighted by atomic mass is 16.5. The van der Waals surface area contributed by atoms with E-state index in [1.54, 1.807) is 7.11 Å². The number of hydrogen-bond donors (Lipinski definition) is 0. The Balaban J connectivity index is 0.000000364. The van der Waals surface area contributed by atoms with Gasteiger partial charge in [-0.2, -0.15) is 0 Å². The first-order valence-electron chi connectivity index (χ1n) is 5.78. The average Bonchev–Trinajstić information content (AvgIpc) is 2.15. The van der Waals surface area contributed by atoms with Crippen LogP contribution in [0.5, 0.6) is 0 Å². The van der Waals surface area contributed by atoms with Gasteiger partial charge in [0.2, 0.25) is 0 Å².